The zero-order chi connectivity index (χ0) is 14.3. The molecule has 0 atom stereocenters. The summed E-state index contributed by atoms with van der Waals surface area (Å²) in [6, 6.07) is 4.94. The average Bonchev–Trinajstić information content (AvgIpc) is 2.37. The van der Waals surface area contributed by atoms with Crippen molar-refractivity contribution in [1.82, 2.24) is 10.6 Å². The summed E-state index contributed by atoms with van der Waals surface area (Å²) < 4.78 is 0. The molecule has 0 spiro atoms. The van der Waals surface area contributed by atoms with Crippen molar-refractivity contribution >= 4 is 23.2 Å². The first-order chi connectivity index (χ1) is 9.08. The van der Waals surface area contributed by atoms with E-state index in [1.54, 1.807) is 18.2 Å². The van der Waals surface area contributed by atoms with Gasteiger partial charge in [-0.05, 0) is 32.0 Å². The molecular formula is C13H20N4O2. The number of carbonyl (C=O) groups excluding carboxylic acids is 2. The standard InChI is InChI=1S/C13H20N4O2/c1-3-15-12(18)8-17-11-7-9(14)5-6-10(11)13(19)16-4-2/h5-7,17H,3-4,8,14H2,1-2H3,(H,15,18)(H,16,19). The lowest BCUT2D eigenvalue weighted by Crippen LogP contribution is -2.30. The fraction of sp³-hybridized carbons (Fsp3) is 0.385. The molecule has 0 radical (unpaired) electrons. The van der Waals surface area contributed by atoms with Gasteiger partial charge in [-0.2, -0.15) is 0 Å². The number of rotatable bonds is 6. The van der Waals surface area contributed by atoms with Crippen LogP contribution in [0.2, 0.25) is 0 Å². The smallest absolute Gasteiger partial charge is 0.253 e. The van der Waals surface area contributed by atoms with E-state index < -0.39 is 0 Å². The summed E-state index contributed by atoms with van der Waals surface area (Å²) in [4.78, 5) is 23.3. The monoisotopic (exact) mass is 264 g/mol. The number of nitrogen functional groups attached to an aromatic ring is 1. The van der Waals surface area contributed by atoms with Crippen molar-refractivity contribution < 1.29 is 9.59 Å². The molecule has 1 aromatic rings. The van der Waals surface area contributed by atoms with E-state index in [0.29, 0.717) is 30.0 Å². The van der Waals surface area contributed by atoms with Gasteiger partial charge in [-0.3, -0.25) is 9.59 Å². The Kier molecular flexibility index (Phi) is 5.66. The van der Waals surface area contributed by atoms with E-state index in [4.69, 9.17) is 5.73 Å². The van der Waals surface area contributed by atoms with Crippen LogP contribution in [-0.2, 0) is 4.79 Å². The molecule has 2 amide bonds. The van der Waals surface area contributed by atoms with Gasteiger partial charge in [-0.1, -0.05) is 0 Å². The first-order valence-electron chi connectivity index (χ1n) is 6.26. The predicted molar refractivity (Wildman–Crippen MR) is 76.0 cm³/mol. The minimum absolute atomic E-state index is 0.101. The van der Waals surface area contributed by atoms with Crippen molar-refractivity contribution in [1.29, 1.82) is 0 Å². The molecule has 0 aliphatic carbocycles. The minimum atomic E-state index is -0.194. The first kappa shape index (κ1) is 14.8. The molecule has 1 aromatic carbocycles. The summed E-state index contributed by atoms with van der Waals surface area (Å²) in [5.74, 6) is -0.326. The van der Waals surface area contributed by atoms with Gasteiger partial charge in [0.25, 0.3) is 5.91 Å². The van der Waals surface area contributed by atoms with E-state index in [0.717, 1.165) is 0 Å². The first-order valence-corrected chi connectivity index (χ1v) is 6.26. The van der Waals surface area contributed by atoms with Crippen LogP contribution < -0.4 is 21.7 Å². The molecule has 6 heteroatoms. The number of likely N-dealkylation sites (N-methyl/N-ethyl adjacent to an activating group) is 1. The fourth-order valence-corrected chi connectivity index (χ4v) is 1.60. The van der Waals surface area contributed by atoms with Gasteiger partial charge >= 0.3 is 0 Å². The van der Waals surface area contributed by atoms with Gasteiger partial charge in [0, 0.05) is 24.5 Å². The zero-order valence-electron chi connectivity index (χ0n) is 11.2. The van der Waals surface area contributed by atoms with Gasteiger partial charge < -0.3 is 21.7 Å². The number of hydrogen-bond donors (Lipinski definition) is 4. The predicted octanol–water partition coefficient (Wildman–Crippen LogP) is 0.566. The molecule has 0 fully saturated rings. The van der Waals surface area contributed by atoms with Gasteiger partial charge in [-0.25, -0.2) is 0 Å². The van der Waals surface area contributed by atoms with Gasteiger partial charge in [-0.15, -0.1) is 0 Å². The summed E-state index contributed by atoms with van der Waals surface area (Å²) in [5, 5.41) is 8.31. The van der Waals surface area contributed by atoms with E-state index in [-0.39, 0.29) is 18.4 Å². The Hall–Kier alpha value is -2.24. The lowest BCUT2D eigenvalue weighted by Gasteiger charge is -2.12. The Balaban J connectivity index is 2.82. The highest BCUT2D eigenvalue weighted by molar-refractivity contribution is 6.00. The molecule has 1 rings (SSSR count). The fourth-order valence-electron chi connectivity index (χ4n) is 1.60. The van der Waals surface area contributed by atoms with Gasteiger partial charge in [0.15, 0.2) is 0 Å². The molecule has 0 saturated carbocycles. The van der Waals surface area contributed by atoms with E-state index in [1.807, 2.05) is 13.8 Å². The Morgan fingerprint density at radius 2 is 1.84 bits per heavy atom. The van der Waals surface area contributed by atoms with Crippen LogP contribution in [0.1, 0.15) is 24.2 Å². The molecule has 0 unspecified atom stereocenters. The molecule has 0 heterocycles. The van der Waals surface area contributed by atoms with Crippen LogP contribution in [0.3, 0.4) is 0 Å². The normalized spacial score (nSPS) is 9.79. The number of anilines is 2. The van der Waals surface area contributed by atoms with Gasteiger partial charge in [0.05, 0.1) is 12.1 Å². The van der Waals surface area contributed by atoms with E-state index in [1.165, 1.54) is 0 Å². The molecular weight excluding hydrogens is 244 g/mol. The number of nitrogens with two attached hydrogens (primary N) is 1. The second-order valence-corrected chi connectivity index (χ2v) is 3.97. The largest absolute Gasteiger partial charge is 0.399 e. The second kappa shape index (κ2) is 7.25. The summed E-state index contributed by atoms with van der Waals surface area (Å²) in [6.07, 6.45) is 0. The van der Waals surface area contributed by atoms with Crippen molar-refractivity contribution in [2.45, 2.75) is 13.8 Å². The molecule has 6 nitrogen and oxygen atoms in total. The number of benzene rings is 1. The SMILES string of the molecule is CCNC(=O)CNc1cc(N)ccc1C(=O)NCC. The van der Waals surface area contributed by atoms with Crippen LogP contribution in [0.5, 0.6) is 0 Å². The van der Waals surface area contributed by atoms with Crippen LogP contribution in [0, 0.1) is 0 Å². The number of nitrogens with one attached hydrogen (secondary N) is 3. The number of carbonyl (C=O) groups is 2. The third-order valence-corrected chi connectivity index (χ3v) is 2.44. The lowest BCUT2D eigenvalue weighted by molar-refractivity contribution is -0.119. The van der Waals surface area contributed by atoms with E-state index in [2.05, 4.69) is 16.0 Å². The van der Waals surface area contributed by atoms with Crippen LogP contribution in [0.15, 0.2) is 18.2 Å². The van der Waals surface area contributed by atoms with Crippen LogP contribution >= 0.6 is 0 Å². The third kappa shape index (κ3) is 4.50. The van der Waals surface area contributed by atoms with Crippen molar-refractivity contribution in [3.8, 4) is 0 Å². The molecule has 19 heavy (non-hydrogen) atoms. The van der Waals surface area contributed by atoms with Crippen molar-refractivity contribution in [2.75, 3.05) is 30.7 Å². The summed E-state index contributed by atoms with van der Waals surface area (Å²) in [6.45, 7) is 4.90. The maximum atomic E-state index is 11.9. The second-order valence-electron chi connectivity index (χ2n) is 3.97. The maximum absolute atomic E-state index is 11.9. The highest BCUT2D eigenvalue weighted by atomic mass is 16.2. The highest BCUT2D eigenvalue weighted by Gasteiger charge is 2.11. The van der Waals surface area contributed by atoms with Crippen molar-refractivity contribution in [3.05, 3.63) is 23.8 Å². The van der Waals surface area contributed by atoms with Crippen LogP contribution in [0.25, 0.3) is 0 Å². The summed E-state index contributed by atoms with van der Waals surface area (Å²) in [7, 11) is 0. The summed E-state index contributed by atoms with van der Waals surface area (Å²) >= 11 is 0. The quantitative estimate of drug-likeness (QED) is 0.565. The number of amides is 2. The van der Waals surface area contributed by atoms with E-state index >= 15 is 0 Å². The molecule has 0 aliphatic heterocycles. The van der Waals surface area contributed by atoms with Gasteiger partial charge in [0.1, 0.15) is 0 Å². The Morgan fingerprint density at radius 3 is 2.47 bits per heavy atom. The Labute approximate surface area is 112 Å². The number of hydrogen-bond acceptors (Lipinski definition) is 4. The Bertz CT molecular complexity index is 460. The molecule has 5 N–H and O–H groups in total. The van der Waals surface area contributed by atoms with Crippen LogP contribution in [0.4, 0.5) is 11.4 Å². The molecule has 0 saturated heterocycles. The van der Waals surface area contributed by atoms with E-state index in [9.17, 15) is 9.59 Å². The maximum Gasteiger partial charge on any atom is 0.253 e. The molecule has 104 valence electrons. The van der Waals surface area contributed by atoms with Crippen molar-refractivity contribution in [2.24, 2.45) is 0 Å². The third-order valence-electron chi connectivity index (χ3n) is 2.44. The molecule has 0 aromatic heterocycles. The van der Waals surface area contributed by atoms with Crippen molar-refractivity contribution in [3.63, 3.8) is 0 Å². The lowest BCUT2D eigenvalue weighted by atomic mass is 10.1. The average molecular weight is 264 g/mol. The minimum Gasteiger partial charge on any atom is -0.399 e. The summed E-state index contributed by atoms with van der Waals surface area (Å²) in [5.41, 5.74) is 7.25. The molecule has 0 aliphatic rings. The highest BCUT2D eigenvalue weighted by Crippen LogP contribution is 2.19. The van der Waals surface area contributed by atoms with Crippen LogP contribution in [-0.4, -0.2) is 31.4 Å². The molecule has 0 bridgehead atoms. The topological polar surface area (TPSA) is 96.2 Å². The Morgan fingerprint density at radius 1 is 1.16 bits per heavy atom. The zero-order valence-corrected chi connectivity index (χ0v) is 11.2. The van der Waals surface area contributed by atoms with Gasteiger partial charge in [0.2, 0.25) is 5.91 Å².